The predicted octanol–water partition coefficient (Wildman–Crippen LogP) is 5.55. The number of rotatable bonds is 15. The van der Waals surface area contributed by atoms with Crippen LogP contribution < -0.4 is 4.74 Å². The molecule has 0 bridgehead atoms. The summed E-state index contributed by atoms with van der Waals surface area (Å²) in [6, 6.07) is 7.80. The smallest absolute Gasteiger partial charge is 0.334 e. The minimum absolute atomic E-state index is 0.194. The van der Waals surface area contributed by atoms with E-state index in [1.165, 1.54) is 5.57 Å². The molecule has 0 N–H and O–H groups in total. The van der Waals surface area contributed by atoms with E-state index < -0.39 is 0 Å². The second-order valence-electron chi connectivity index (χ2n) is 7.65. The van der Waals surface area contributed by atoms with Gasteiger partial charge in [0.2, 0.25) is 0 Å². The SMILES string of the molecule is C=CCOCC[C@H](CCOCc1ccc(OC)cc1)OC(=O)C1=C(CC=C)CCCC1. The Balaban J connectivity index is 1.88. The lowest BCUT2D eigenvalue weighted by molar-refractivity contribution is -0.146. The van der Waals surface area contributed by atoms with E-state index in [-0.39, 0.29) is 12.1 Å². The largest absolute Gasteiger partial charge is 0.497 e. The third-order valence-electron chi connectivity index (χ3n) is 5.32. The average Bonchev–Trinajstić information content (AvgIpc) is 2.80. The summed E-state index contributed by atoms with van der Waals surface area (Å²) in [5, 5.41) is 0. The number of esters is 1. The van der Waals surface area contributed by atoms with Crippen LogP contribution >= 0.6 is 0 Å². The van der Waals surface area contributed by atoms with E-state index in [4.69, 9.17) is 18.9 Å². The molecule has 0 unspecified atom stereocenters. The fraction of sp³-hybridized carbons (Fsp3) is 0.500. The Morgan fingerprint density at radius 2 is 1.74 bits per heavy atom. The lowest BCUT2D eigenvalue weighted by atomic mass is 9.90. The summed E-state index contributed by atoms with van der Waals surface area (Å²) < 4.78 is 22.4. The van der Waals surface area contributed by atoms with E-state index in [9.17, 15) is 4.79 Å². The lowest BCUT2D eigenvalue weighted by Crippen LogP contribution is -2.24. The average molecular weight is 429 g/mol. The van der Waals surface area contributed by atoms with Gasteiger partial charge in [-0.15, -0.1) is 13.2 Å². The number of carbonyl (C=O) groups is 1. The topological polar surface area (TPSA) is 54.0 Å². The minimum Gasteiger partial charge on any atom is -0.497 e. The van der Waals surface area contributed by atoms with Gasteiger partial charge in [-0.05, 0) is 49.8 Å². The van der Waals surface area contributed by atoms with E-state index in [0.29, 0.717) is 39.3 Å². The van der Waals surface area contributed by atoms with Crippen LogP contribution in [0.4, 0.5) is 0 Å². The van der Waals surface area contributed by atoms with Crippen molar-refractivity contribution in [1.82, 2.24) is 0 Å². The fourth-order valence-corrected chi connectivity index (χ4v) is 3.61. The Morgan fingerprint density at radius 3 is 2.42 bits per heavy atom. The molecule has 0 fully saturated rings. The molecule has 5 nitrogen and oxygen atoms in total. The van der Waals surface area contributed by atoms with Gasteiger partial charge in [0, 0.05) is 18.4 Å². The zero-order valence-corrected chi connectivity index (χ0v) is 18.8. The molecule has 1 aliphatic rings. The van der Waals surface area contributed by atoms with Gasteiger partial charge in [0.1, 0.15) is 11.9 Å². The van der Waals surface area contributed by atoms with Crippen molar-refractivity contribution in [3.8, 4) is 5.75 Å². The van der Waals surface area contributed by atoms with Gasteiger partial charge in [0.25, 0.3) is 0 Å². The van der Waals surface area contributed by atoms with E-state index in [1.807, 2.05) is 30.3 Å². The first-order valence-electron chi connectivity index (χ1n) is 11.1. The zero-order valence-electron chi connectivity index (χ0n) is 18.8. The third-order valence-corrected chi connectivity index (χ3v) is 5.32. The van der Waals surface area contributed by atoms with Crippen molar-refractivity contribution >= 4 is 5.97 Å². The maximum absolute atomic E-state index is 12.9. The first-order valence-corrected chi connectivity index (χ1v) is 11.1. The number of hydrogen-bond acceptors (Lipinski definition) is 5. The highest BCUT2D eigenvalue weighted by atomic mass is 16.5. The van der Waals surface area contributed by atoms with Crippen molar-refractivity contribution in [2.24, 2.45) is 0 Å². The van der Waals surface area contributed by atoms with Crippen molar-refractivity contribution in [3.05, 3.63) is 66.3 Å². The van der Waals surface area contributed by atoms with Crippen molar-refractivity contribution in [2.45, 2.75) is 57.7 Å². The lowest BCUT2D eigenvalue weighted by Gasteiger charge is -2.22. The number of hydrogen-bond donors (Lipinski definition) is 0. The normalized spacial score (nSPS) is 14.7. The van der Waals surface area contributed by atoms with Crippen LogP contribution in [0.25, 0.3) is 0 Å². The van der Waals surface area contributed by atoms with E-state index in [0.717, 1.165) is 49.0 Å². The van der Waals surface area contributed by atoms with Crippen LogP contribution in [-0.2, 0) is 25.6 Å². The van der Waals surface area contributed by atoms with Crippen molar-refractivity contribution in [1.29, 1.82) is 0 Å². The molecule has 0 saturated carbocycles. The zero-order chi connectivity index (χ0) is 22.3. The molecule has 2 rings (SSSR count). The van der Waals surface area contributed by atoms with Crippen molar-refractivity contribution < 1.29 is 23.7 Å². The molecule has 0 amide bonds. The quantitative estimate of drug-likeness (QED) is 0.208. The summed E-state index contributed by atoms with van der Waals surface area (Å²) in [5.74, 6) is 0.628. The van der Waals surface area contributed by atoms with Crippen molar-refractivity contribution in [2.75, 3.05) is 26.9 Å². The monoisotopic (exact) mass is 428 g/mol. The van der Waals surface area contributed by atoms with Gasteiger partial charge in [-0.2, -0.15) is 0 Å². The van der Waals surface area contributed by atoms with E-state index in [2.05, 4.69) is 13.2 Å². The van der Waals surface area contributed by atoms with Gasteiger partial charge < -0.3 is 18.9 Å². The van der Waals surface area contributed by atoms with Crippen LogP contribution in [0.1, 0.15) is 50.5 Å². The first-order chi connectivity index (χ1) is 15.2. The molecule has 0 radical (unpaired) electrons. The summed E-state index contributed by atoms with van der Waals surface area (Å²) in [6.07, 6.45) is 9.24. The summed E-state index contributed by atoms with van der Waals surface area (Å²) >= 11 is 0. The van der Waals surface area contributed by atoms with E-state index >= 15 is 0 Å². The molecule has 1 aromatic rings. The van der Waals surface area contributed by atoms with Gasteiger partial charge in [0.15, 0.2) is 0 Å². The predicted molar refractivity (Wildman–Crippen MR) is 123 cm³/mol. The van der Waals surface area contributed by atoms with E-state index in [1.54, 1.807) is 13.2 Å². The van der Waals surface area contributed by atoms with Gasteiger partial charge >= 0.3 is 5.97 Å². The molecule has 0 heterocycles. The van der Waals surface area contributed by atoms with Gasteiger partial charge in [-0.1, -0.05) is 29.9 Å². The van der Waals surface area contributed by atoms with Crippen LogP contribution in [0.2, 0.25) is 0 Å². The molecule has 1 atom stereocenters. The van der Waals surface area contributed by atoms with Crippen LogP contribution in [0, 0.1) is 0 Å². The molecule has 0 saturated heterocycles. The molecule has 1 aliphatic carbocycles. The molecule has 31 heavy (non-hydrogen) atoms. The van der Waals surface area contributed by atoms with Crippen molar-refractivity contribution in [3.63, 3.8) is 0 Å². The summed E-state index contributed by atoms with van der Waals surface area (Å²) in [5.41, 5.74) is 3.08. The highest BCUT2D eigenvalue weighted by molar-refractivity contribution is 5.89. The first kappa shape index (κ1) is 24.9. The fourth-order valence-electron chi connectivity index (χ4n) is 3.61. The van der Waals surface area contributed by atoms with Gasteiger partial charge in [0.05, 0.1) is 33.5 Å². The minimum atomic E-state index is -0.243. The Hall–Kier alpha value is -2.37. The highest BCUT2D eigenvalue weighted by Gasteiger charge is 2.23. The summed E-state index contributed by atoms with van der Waals surface area (Å²) in [7, 11) is 1.65. The van der Waals surface area contributed by atoms with Crippen LogP contribution in [-0.4, -0.2) is 39.0 Å². The number of allylic oxidation sites excluding steroid dienone is 2. The van der Waals surface area contributed by atoms with Crippen LogP contribution in [0.3, 0.4) is 0 Å². The number of ether oxygens (including phenoxy) is 4. The summed E-state index contributed by atoms with van der Waals surface area (Å²) in [6.45, 7) is 9.49. The molecule has 0 aromatic heterocycles. The molecule has 1 aromatic carbocycles. The molecule has 0 aliphatic heterocycles. The van der Waals surface area contributed by atoms with Crippen LogP contribution in [0.5, 0.6) is 5.75 Å². The van der Waals surface area contributed by atoms with Gasteiger partial charge in [-0.25, -0.2) is 4.79 Å². The second-order valence-corrected chi connectivity index (χ2v) is 7.65. The number of benzene rings is 1. The molecular weight excluding hydrogens is 392 g/mol. The Kier molecular flexibility index (Phi) is 11.7. The standard InChI is InChI=1S/C26H36O5/c1-4-8-22-9-6-7-10-25(22)26(27)31-24(15-18-29-17-5-2)16-19-30-20-21-11-13-23(28-3)14-12-21/h4-5,11-14,24H,1-2,6-10,15-20H2,3H3/t24-/m1/s1. The summed E-state index contributed by atoms with van der Waals surface area (Å²) in [4.78, 5) is 12.9. The molecular formula is C26H36O5. The Labute approximate surface area is 186 Å². The number of carbonyl (C=O) groups excluding carboxylic acids is 1. The Bertz CT molecular complexity index is 720. The van der Waals surface area contributed by atoms with Gasteiger partial charge in [-0.3, -0.25) is 0 Å². The van der Waals surface area contributed by atoms with Crippen LogP contribution in [0.15, 0.2) is 60.7 Å². The third kappa shape index (κ3) is 9.11. The maximum Gasteiger partial charge on any atom is 0.334 e. The molecule has 0 spiro atoms. The highest BCUT2D eigenvalue weighted by Crippen LogP contribution is 2.28. The molecule has 170 valence electrons. The second kappa shape index (κ2) is 14.6. The maximum atomic E-state index is 12.9. The molecule has 5 heteroatoms. The number of methoxy groups -OCH3 is 1. The Morgan fingerprint density at radius 1 is 1.03 bits per heavy atom.